The van der Waals surface area contributed by atoms with Gasteiger partial charge in [-0.1, -0.05) is 30.4 Å². The monoisotopic (exact) mass is 261 g/mol. The van der Waals surface area contributed by atoms with Crippen molar-refractivity contribution in [2.24, 2.45) is 24.0 Å². The molecule has 1 fully saturated rings. The van der Waals surface area contributed by atoms with E-state index in [1.807, 2.05) is 23.7 Å². The summed E-state index contributed by atoms with van der Waals surface area (Å²) in [4.78, 5) is 12.5. The van der Waals surface area contributed by atoms with E-state index in [-0.39, 0.29) is 11.8 Å². The number of aryl methyl sites for hydroxylation is 1. The standard InChI is InChI=1S/C13H15N3OS/c1-8-7-9(8)12(17)14-15-13-16(2)10-5-3-4-6-11(10)18-13/h3-6,8-9H,7H2,1-2H3,(H,14,17)/b15-13-/t8-,9-/m0/s1. The maximum atomic E-state index is 11.7. The summed E-state index contributed by atoms with van der Waals surface area (Å²) in [6.07, 6.45) is 0.986. The summed E-state index contributed by atoms with van der Waals surface area (Å²) in [7, 11) is 1.96. The first-order chi connectivity index (χ1) is 8.66. The molecule has 1 saturated carbocycles. The molecule has 0 spiro atoms. The number of aromatic nitrogens is 1. The molecule has 1 aromatic heterocycles. The minimum Gasteiger partial charge on any atom is -0.318 e. The highest BCUT2D eigenvalue weighted by molar-refractivity contribution is 7.16. The zero-order chi connectivity index (χ0) is 12.7. The molecule has 1 amide bonds. The molecule has 3 rings (SSSR count). The molecule has 2 atom stereocenters. The van der Waals surface area contributed by atoms with E-state index in [0.29, 0.717) is 5.92 Å². The molecule has 18 heavy (non-hydrogen) atoms. The smallest absolute Gasteiger partial charge is 0.243 e. The molecule has 1 heterocycles. The molecule has 5 heteroatoms. The van der Waals surface area contributed by atoms with Crippen LogP contribution in [0.5, 0.6) is 0 Å². The van der Waals surface area contributed by atoms with E-state index in [4.69, 9.17) is 0 Å². The second-order valence-corrected chi connectivity index (χ2v) is 5.83. The van der Waals surface area contributed by atoms with E-state index in [1.165, 1.54) is 4.70 Å². The van der Waals surface area contributed by atoms with Gasteiger partial charge in [-0.05, 0) is 24.5 Å². The maximum absolute atomic E-state index is 11.7. The third-order valence-corrected chi connectivity index (χ3v) is 4.54. The highest BCUT2D eigenvalue weighted by Gasteiger charge is 2.39. The molecule has 0 aliphatic heterocycles. The van der Waals surface area contributed by atoms with Crippen molar-refractivity contribution in [2.75, 3.05) is 0 Å². The lowest BCUT2D eigenvalue weighted by molar-refractivity contribution is -0.122. The normalized spacial score (nSPS) is 23.3. The Kier molecular flexibility index (Phi) is 2.70. The van der Waals surface area contributed by atoms with Crippen LogP contribution < -0.4 is 10.2 Å². The zero-order valence-electron chi connectivity index (χ0n) is 10.4. The first-order valence-electron chi connectivity index (χ1n) is 6.05. The minimum absolute atomic E-state index is 0.0416. The first-order valence-corrected chi connectivity index (χ1v) is 6.86. The van der Waals surface area contributed by atoms with E-state index in [9.17, 15) is 4.79 Å². The molecule has 94 valence electrons. The van der Waals surface area contributed by atoms with Crippen molar-refractivity contribution in [2.45, 2.75) is 13.3 Å². The Hall–Kier alpha value is -1.62. The summed E-state index contributed by atoms with van der Waals surface area (Å²) in [5.74, 6) is 0.713. The third kappa shape index (κ3) is 1.95. The van der Waals surface area contributed by atoms with E-state index in [1.54, 1.807) is 11.3 Å². The summed E-state index contributed by atoms with van der Waals surface area (Å²) in [5.41, 5.74) is 3.80. The number of rotatable bonds is 2. The Bertz CT molecular complexity index is 670. The molecule has 1 aliphatic carbocycles. The number of carbonyl (C=O) groups is 1. The van der Waals surface area contributed by atoms with Gasteiger partial charge in [0.1, 0.15) is 0 Å². The van der Waals surface area contributed by atoms with Crippen LogP contribution in [0.25, 0.3) is 10.2 Å². The average molecular weight is 261 g/mol. The van der Waals surface area contributed by atoms with E-state index < -0.39 is 0 Å². The summed E-state index contributed by atoms with van der Waals surface area (Å²) in [5, 5.41) is 4.22. The van der Waals surface area contributed by atoms with Crippen LogP contribution in [0.15, 0.2) is 29.4 Å². The second-order valence-electron chi connectivity index (χ2n) is 4.82. The van der Waals surface area contributed by atoms with Gasteiger partial charge in [0, 0.05) is 13.0 Å². The minimum atomic E-state index is 0.0416. The predicted molar refractivity (Wildman–Crippen MR) is 71.8 cm³/mol. The lowest BCUT2D eigenvalue weighted by Crippen LogP contribution is -2.24. The van der Waals surface area contributed by atoms with Crippen molar-refractivity contribution in [1.29, 1.82) is 0 Å². The molecule has 2 aromatic rings. The maximum Gasteiger partial charge on any atom is 0.243 e. The summed E-state index contributed by atoms with van der Waals surface area (Å²) >= 11 is 1.58. The first kappa shape index (κ1) is 11.5. The Balaban J connectivity index is 1.89. The van der Waals surface area contributed by atoms with Gasteiger partial charge in [0.2, 0.25) is 10.7 Å². The highest BCUT2D eigenvalue weighted by atomic mass is 32.1. The third-order valence-electron chi connectivity index (χ3n) is 3.42. The van der Waals surface area contributed by atoms with Crippen LogP contribution in [0, 0.1) is 11.8 Å². The Morgan fingerprint density at radius 3 is 2.89 bits per heavy atom. The number of amides is 1. The van der Waals surface area contributed by atoms with E-state index in [0.717, 1.165) is 16.7 Å². The van der Waals surface area contributed by atoms with Gasteiger partial charge in [0.25, 0.3) is 0 Å². The Morgan fingerprint density at radius 1 is 1.50 bits per heavy atom. The number of nitrogens with zero attached hydrogens (tertiary/aromatic N) is 2. The van der Waals surface area contributed by atoms with Crippen molar-refractivity contribution in [3.8, 4) is 0 Å². The van der Waals surface area contributed by atoms with Gasteiger partial charge in [-0.2, -0.15) is 0 Å². The van der Waals surface area contributed by atoms with Crippen molar-refractivity contribution in [3.05, 3.63) is 29.1 Å². The molecule has 0 radical (unpaired) electrons. The lowest BCUT2D eigenvalue weighted by Gasteiger charge is -1.97. The van der Waals surface area contributed by atoms with Gasteiger partial charge in [0.05, 0.1) is 10.2 Å². The predicted octanol–water partition coefficient (Wildman–Crippen LogP) is 1.83. The van der Waals surface area contributed by atoms with Crippen molar-refractivity contribution in [1.82, 2.24) is 9.99 Å². The van der Waals surface area contributed by atoms with Crippen LogP contribution in [0.3, 0.4) is 0 Å². The fourth-order valence-electron chi connectivity index (χ4n) is 2.06. The molecule has 4 nitrogen and oxygen atoms in total. The average Bonchev–Trinajstić information content (AvgIpc) is 3.02. The molecule has 1 N–H and O–H groups in total. The number of carbonyl (C=O) groups excluding carboxylic acids is 1. The zero-order valence-corrected chi connectivity index (χ0v) is 11.2. The number of fused-ring (bicyclic) bond motifs is 1. The van der Waals surface area contributed by atoms with Crippen LogP contribution >= 0.6 is 11.3 Å². The van der Waals surface area contributed by atoms with Gasteiger partial charge < -0.3 is 4.57 Å². The molecule has 0 bridgehead atoms. The van der Waals surface area contributed by atoms with Gasteiger partial charge in [-0.25, -0.2) is 5.43 Å². The van der Waals surface area contributed by atoms with Gasteiger partial charge >= 0.3 is 0 Å². The molecule has 0 saturated heterocycles. The van der Waals surface area contributed by atoms with Gasteiger partial charge in [-0.3, -0.25) is 4.79 Å². The fourth-order valence-corrected chi connectivity index (χ4v) is 3.04. The number of thiazole rings is 1. The van der Waals surface area contributed by atoms with Crippen LogP contribution in [-0.2, 0) is 11.8 Å². The summed E-state index contributed by atoms with van der Waals surface area (Å²) < 4.78 is 3.17. The summed E-state index contributed by atoms with van der Waals surface area (Å²) in [6.45, 7) is 2.09. The number of para-hydroxylation sites is 1. The SMILES string of the molecule is C[C@H]1C[C@@H]1C(=O)N/N=c1\sc2ccccc2n1C. The van der Waals surface area contributed by atoms with Crippen molar-refractivity contribution >= 4 is 27.5 Å². The van der Waals surface area contributed by atoms with E-state index in [2.05, 4.69) is 29.6 Å². The van der Waals surface area contributed by atoms with Crippen molar-refractivity contribution in [3.63, 3.8) is 0 Å². The number of hydrogen-bond donors (Lipinski definition) is 1. The van der Waals surface area contributed by atoms with Gasteiger partial charge in [0.15, 0.2) is 0 Å². The fraction of sp³-hybridized carbons (Fsp3) is 0.385. The largest absolute Gasteiger partial charge is 0.318 e. The second kappa shape index (κ2) is 4.24. The van der Waals surface area contributed by atoms with Crippen LogP contribution in [0.2, 0.25) is 0 Å². The molecule has 0 unspecified atom stereocenters. The van der Waals surface area contributed by atoms with Gasteiger partial charge in [-0.15, -0.1) is 5.10 Å². The lowest BCUT2D eigenvalue weighted by atomic mass is 10.3. The molecule has 1 aliphatic rings. The van der Waals surface area contributed by atoms with Crippen LogP contribution in [0.1, 0.15) is 13.3 Å². The number of nitrogens with one attached hydrogen (secondary N) is 1. The molecule has 1 aromatic carbocycles. The highest BCUT2D eigenvalue weighted by Crippen LogP contribution is 2.37. The topological polar surface area (TPSA) is 46.4 Å². The quantitative estimate of drug-likeness (QED) is 0.824. The Labute approximate surface area is 109 Å². The summed E-state index contributed by atoms with van der Waals surface area (Å²) in [6, 6.07) is 8.12. The molecular weight excluding hydrogens is 246 g/mol. The number of benzene rings is 1. The van der Waals surface area contributed by atoms with Crippen molar-refractivity contribution < 1.29 is 4.79 Å². The van der Waals surface area contributed by atoms with Crippen LogP contribution in [-0.4, -0.2) is 10.5 Å². The van der Waals surface area contributed by atoms with Crippen LogP contribution in [0.4, 0.5) is 0 Å². The Morgan fingerprint density at radius 2 is 2.22 bits per heavy atom. The number of hydrogen-bond acceptors (Lipinski definition) is 3. The van der Waals surface area contributed by atoms with E-state index >= 15 is 0 Å². The molecular formula is C13H15N3OS.